The lowest BCUT2D eigenvalue weighted by Gasteiger charge is -2.13. The first-order chi connectivity index (χ1) is 9.98. The molecule has 0 heterocycles. The van der Waals surface area contributed by atoms with Crippen LogP contribution < -0.4 is 0 Å². The molecule has 22 heavy (non-hydrogen) atoms. The smallest absolute Gasteiger partial charge is 0.333 e. The van der Waals surface area contributed by atoms with Crippen LogP contribution in [0.5, 0.6) is 0 Å². The van der Waals surface area contributed by atoms with E-state index in [1.807, 2.05) is 0 Å². The molecule has 0 bridgehead atoms. The minimum atomic E-state index is -0.935. The van der Waals surface area contributed by atoms with Crippen molar-refractivity contribution in [1.82, 2.24) is 0 Å². The molecule has 124 valence electrons. The maximum absolute atomic E-state index is 11.1. The SMILES string of the molecule is C=C(C)C(=O)O.C=C(C)C(=O)OCCC(C)OC(=O)C(=C)C. The molecule has 0 rings (SSSR count). The minimum absolute atomic E-state index is 0.176. The van der Waals surface area contributed by atoms with E-state index in [-0.39, 0.29) is 18.3 Å². The zero-order valence-electron chi connectivity index (χ0n) is 13.6. The summed E-state index contributed by atoms with van der Waals surface area (Å²) in [7, 11) is 0. The molecule has 1 N–H and O–H groups in total. The number of carbonyl (C=O) groups excluding carboxylic acids is 2. The van der Waals surface area contributed by atoms with E-state index in [0.717, 1.165) is 0 Å². The number of hydrogen-bond acceptors (Lipinski definition) is 5. The van der Waals surface area contributed by atoms with Crippen LogP contribution in [0.15, 0.2) is 36.5 Å². The fourth-order valence-electron chi connectivity index (χ4n) is 0.783. The molecule has 0 amide bonds. The Labute approximate surface area is 131 Å². The highest BCUT2D eigenvalue weighted by atomic mass is 16.6. The Balaban J connectivity index is 0. The molecule has 0 saturated carbocycles. The quantitative estimate of drug-likeness (QED) is 0.574. The standard InChI is InChI=1S/C12H18O4.C4H6O2/c1-8(2)11(13)15-7-6-10(5)16-12(14)9(3)4;1-3(2)4(5)6/h10H,1,3,6-7H2,2,4-5H3;1H2,2H3,(H,5,6). The van der Waals surface area contributed by atoms with Gasteiger partial charge in [0.2, 0.25) is 0 Å². The average molecular weight is 312 g/mol. The van der Waals surface area contributed by atoms with Crippen molar-refractivity contribution in [3.05, 3.63) is 36.5 Å². The van der Waals surface area contributed by atoms with Gasteiger partial charge in [-0.25, -0.2) is 14.4 Å². The van der Waals surface area contributed by atoms with Crippen LogP contribution in [0.4, 0.5) is 0 Å². The van der Waals surface area contributed by atoms with E-state index in [0.29, 0.717) is 17.6 Å². The topological polar surface area (TPSA) is 89.9 Å². The van der Waals surface area contributed by atoms with Crippen LogP contribution in [-0.4, -0.2) is 35.7 Å². The number of carbonyl (C=O) groups is 3. The Morgan fingerprint density at radius 1 is 0.955 bits per heavy atom. The highest BCUT2D eigenvalue weighted by Crippen LogP contribution is 2.03. The van der Waals surface area contributed by atoms with Crippen molar-refractivity contribution in [3.63, 3.8) is 0 Å². The molecule has 0 spiro atoms. The number of rotatable bonds is 7. The summed E-state index contributed by atoms with van der Waals surface area (Å²) in [5.74, 6) is -1.80. The number of aliphatic carboxylic acids is 1. The molecular formula is C16H24O6. The first-order valence-electron chi connectivity index (χ1n) is 6.56. The van der Waals surface area contributed by atoms with Gasteiger partial charge in [0.1, 0.15) is 6.10 Å². The number of carboxylic acids is 1. The number of ether oxygens (including phenoxy) is 2. The van der Waals surface area contributed by atoms with Crippen molar-refractivity contribution in [2.24, 2.45) is 0 Å². The molecule has 0 radical (unpaired) electrons. The molecule has 0 aliphatic carbocycles. The first kappa shape index (κ1) is 21.9. The molecule has 0 aliphatic rings. The third kappa shape index (κ3) is 12.7. The lowest BCUT2D eigenvalue weighted by molar-refractivity contribution is -0.145. The maximum Gasteiger partial charge on any atom is 0.333 e. The first-order valence-corrected chi connectivity index (χ1v) is 6.56. The third-order valence-corrected chi connectivity index (χ3v) is 2.13. The van der Waals surface area contributed by atoms with Crippen LogP contribution in [0.25, 0.3) is 0 Å². The normalized spacial score (nSPS) is 10.4. The summed E-state index contributed by atoms with van der Waals surface area (Å²) < 4.78 is 9.87. The average Bonchev–Trinajstić information content (AvgIpc) is 2.38. The van der Waals surface area contributed by atoms with Gasteiger partial charge < -0.3 is 14.6 Å². The van der Waals surface area contributed by atoms with Gasteiger partial charge in [-0.3, -0.25) is 0 Å². The Morgan fingerprint density at radius 3 is 1.68 bits per heavy atom. The van der Waals surface area contributed by atoms with Crippen LogP contribution in [0.3, 0.4) is 0 Å². The molecule has 0 saturated heterocycles. The minimum Gasteiger partial charge on any atom is -0.478 e. The van der Waals surface area contributed by atoms with Crippen molar-refractivity contribution >= 4 is 17.9 Å². The molecule has 0 aromatic heterocycles. The van der Waals surface area contributed by atoms with Crippen LogP contribution in [0, 0.1) is 0 Å². The Hall–Kier alpha value is -2.37. The summed E-state index contributed by atoms with van der Waals surface area (Å²) in [6.45, 7) is 16.6. The van der Waals surface area contributed by atoms with Gasteiger partial charge in [0.05, 0.1) is 6.61 Å². The molecule has 6 heteroatoms. The summed E-state index contributed by atoms with van der Waals surface area (Å²) >= 11 is 0. The van der Waals surface area contributed by atoms with Crippen LogP contribution >= 0.6 is 0 Å². The predicted octanol–water partition coefficient (Wildman–Crippen LogP) is 2.65. The van der Waals surface area contributed by atoms with Crippen molar-refractivity contribution in [1.29, 1.82) is 0 Å². The second-order valence-corrected chi connectivity index (χ2v) is 4.79. The second kappa shape index (κ2) is 11.3. The van der Waals surface area contributed by atoms with Gasteiger partial charge in [0.15, 0.2) is 0 Å². The molecule has 6 nitrogen and oxygen atoms in total. The summed E-state index contributed by atoms with van der Waals surface area (Å²) in [6.07, 6.45) is 0.153. The van der Waals surface area contributed by atoms with Crippen molar-refractivity contribution in [3.8, 4) is 0 Å². The van der Waals surface area contributed by atoms with E-state index < -0.39 is 17.9 Å². The summed E-state index contributed by atoms with van der Waals surface area (Å²) in [6, 6.07) is 0. The summed E-state index contributed by atoms with van der Waals surface area (Å²) in [5.41, 5.74) is 0.882. The largest absolute Gasteiger partial charge is 0.478 e. The highest BCUT2D eigenvalue weighted by Gasteiger charge is 2.11. The monoisotopic (exact) mass is 312 g/mol. The molecule has 1 atom stereocenters. The van der Waals surface area contributed by atoms with Crippen molar-refractivity contribution in [2.45, 2.75) is 40.2 Å². The van der Waals surface area contributed by atoms with Gasteiger partial charge in [0.25, 0.3) is 0 Å². The predicted molar refractivity (Wildman–Crippen MR) is 83.2 cm³/mol. The highest BCUT2D eigenvalue weighted by molar-refractivity contribution is 5.87. The van der Waals surface area contributed by atoms with E-state index >= 15 is 0 Å². The van der Waals surface area contributed by atoms with E-state index in [4.69, 9.17) is 14.6 Å². The van der Waals surface area contributed by atoms with Crippen LogP contribution in [0.2, 0.25) is 0 Å². The van der Waals surface area contributed by atoms with Gasteiger partial charge in [0, 0.05) is 23.1 Å². The molecule has 0 aliphatic heterocycles. The Morgan fingerprint density at radius 2 is 1.36 bits per heavy atom. The third-order valence-electron chi connectivity index (χ3n) is 2.13. The van der Waals surface area contributed by atoms with E-state index in [1.165, 1.54) is 6.92 Å². The van der Waals surface area contributed by atoms with Gasteiger partial charge in [-0.15, -0.1) is 0 Å². The number of esters is 2. The van der Waals surface area contributed by atoms with E-state index in [2.05, 4.69) is 19.7 Å². The van der Waals surface area contributed by atoms with Crippen molar-refractivity contribution in [2.75, 3.05) is 6.61 Å². The number of hydrogen-bond donors (Lipinski definition) is 1. The fourth-order valence-corrected chi connectivity index (χ4v) is 0.783. The fraction of sp³-hybridized carbons (Fsp3) is 0.438. The molecule has 1 unspecified atom stereocenters. The molecular weight excluding hydrogens is 288 g/mol. The lowest BCUT2D eigenvalue weighted by Crippen LogP contribution is -2.18. The zero-order valence-corrected chi connectivity index (χ0v) is 13.6. The summed E-state index contributed by atoms with van der Waals surface area (Å²) in [5, 5.41) is 7.89. The van der Waals surface area contributed by atoms with Crippen molar-refractivity contribution < 1.29 is 29.0 Å². The van der Waals surface area contributed by atoms with Gasteiger partial charge >= 0.3 is 17.9 Å². The lowest BCUT2D eigenvalue weighted by atomic mass is 10.3. The van der Waals surface area contributed by atoms with Gasteiger partial charge in [-0.05, 0) is 27.7 Å². The molecule has 0 aromatic carbocycles. The van der Waals surface area contributed by atoms with Gasteiger partial charge in [-0.2, -0.15) is 0 Å². The van der Waals surface area contributed by atoms with E-state index in [1.54, 1.807) is 20.8 Å². The molecule has 0 aromatic rings. The van der Waals surface area contributed by atoms with Crippen LogP contribution in [-0.2, 0) is 23.9 Å². The van der Waals surface area contributed by atoms with E-state index in [9.17, 15) is 14.4 Å². The zero-order chi connectivity index (χ0) is 17.9. The number of carboxylic acid groups (broad SMARTS) is 1. The Bertz CT molecular complexity index is 449. The Kier molecular flexibility index (Phi) is 11.3. The second-order valence-electron chi connectivity index (χ2n) is 4.79. The summed E-state index contributed by atoms with van der Waals surface area (Å²) in [4.78, 5) is 31.7. The molecule has 0 fully saturated rings. The van der Waals surface area contributed by atoms with Gasteiger partial charge in [-0.1, -0.05) is 19.7 Å². The van der Waals surface area contributed by atoms with Crippen LogP contribution in [0.1, 0.15) is 34.1 Å². The maximum atomic E-state index is 11.1.